The van der Waals surface area contributed by atoms with Crippen molar-refractivity contribution in [3.63, 3.8) is 0 Å². The molecule has 1 fully saturated rings. The summed E-state index contributed by atoms with van der Waals surface area (Å²) in [5, 5.41) is 2.32. The second-order valence-electron chi connectivity index (χ2n) is 5.26. The Morgan fingerprint density at radius 1 is 1.41 bits per heavy atom. The number of benzene rings is 1. The number of likely N-dealkylation sites (tertiary alicyclic amines) is 1. The molecule has 0 saturated carbocycles. The fraction of sp³-hybridized carbons (Fsp3) is 0.429. The average molecular weight is 318 g/mol. The summed E-state index contributed by atoms with van der Waals surface area (Å²) >= 11 is 0. The Bertz CT molecular complexity index is 601. The average Bonchev–Trinajstić information content (AvgIpc) is 2.73. The lowest BCUT2D eigenvalue weighted by atomic mass is 10.1. The van der Waals surface area contributed by atoms with E-state index in [1.54, 1.807) is 6.92 Å². The van der Waals surface area contributed by atoms with Crippen molar-refractivity contribution in [2.75, 3.05) is 18.4 Å². The monoisotopic (exact) mass is 318 g/mol. The zero-order valence-corrected chi connectivity index (χ0v) is 11.7. The van der Waals surface area contributed by atoms with E-state index in [-0.39, 0.29) is 18.7 Å². The van der Waals surface area contributed by atoms with E-state index in [1.165, 1.54) is 18.2 Å². The number of carbonyl (C=O) groups is 2. The minimum Gasteiger partial charge on any atom is -0.333 e. The summed E-state index contributed by atoms with van der Waals surface area (Å²) in [5.41, 5.74) is 0.671. The standard InChI is InChI=1S/C14H14F4N2O2/c1-8-2-3-10(15)11(4-8)19-13(22)9-5-12(21)20(6-9)7-14(16,17)18/h2-4,9H,5-7H2,1H3,(H,19,22). The fourth-order valence-corrected chi connectivity index (χ4v) is 2.29. The van der Waals surface area contributed by atoms with Crippen LogP contribution in [0.4, 0.5) is 23.2 Å². The Labute approximate surface area is 124 Å². The van der Waals surface area contributed by atoms with E-state index in [2.05, 4.69) is 5.32 Å². The molecular weight excluding hydrogens is 304 g/mol. The Kier molecular flexibility index (Phi) is 4.39. The van der Waals surface area contributed by atoms with Crippen LogP contribution in [0.2, 0.25) is 0 Å². The second-order valence-corrected chi connectivity index (χ2v) is 5.26. The minimum absolute atomic E-state index is 0.0493. The van der Waals surface area contributed by atoms with Gasteiger partial charge in [-0.25, -0.2) is 4.39 Å². The van der Waals surface area contributed by atoms with E-state index in [1.807, 2.05) is 0 Å². The SMILES string of the molecule is Cc1ccc(F)c(NC(=O)C2CC(=O)N(CC(F)(F)F)C2)c1. The first-order chi connectivity index (χ1) is 10.2. The van der Waals surface area contributed by atoms with Crippen LogP contribution in [0.5, 0.6) is 0 Å². The molecule has 1 unspecified atom stereocenters. The van der Waals surface area contributed by atoms with Gasteiger partial charge < -0.3 is 10.2 Å². The van der Waals surface area contributed by atoms with Gasteiger partial charge in [0.05, 0.1) is 11.6 Å². The van der Waals surface area contributed by atoms with Gasteiger partial charge in [0, 0.05) is 13.0 Å². The number of amides is 2. The summed E-state index contributed by atoms with van der Waals surface area (Å²) in [4.78, 5) is 24.1. The van der Waals surface area contributed by atoms with Crippen molar-refractivity contribution < 1.29 is 27.2 Å². The van der Waals surface area contributed by atoms with Gasteiger partial charge in [0.25, 0.3) is 0 Å². The maximum Gasteiger partial charge on any atom is 0.406 e. The number of hydrogen-bond acceptors (Lipinski definition) is 2. The molecule has 0 spiro atoms. The van der Waals surface area contributed by atoms with Crippen LogP contribution in [-0.4, -0.2) is 36.0 Å². The molecule has 1 aliphatic rings. The van der Waals surface area contributed by atoms with Gasteiger partial charge in [-0.05, 0) is 24.6 Å². The van der Waals surface area contributed by atoms with Crippen molar-refractivity contribution in [2.24, 2.45) is 5.92 Å². The number of halogens is 4. The molecule has 120 valence electrons. The van der Waals surface area contributed by atoms with Gasteiger partial charge in [-0.1, -0.05) is 6.07 Å². The maximum atomic E-state index is 13.6. The van der Waals surface area contributed by atoms with Crippen LogP contribution in [0.15, 0.2) is 18.2 Å². The summed E-state index contributed by atoms with van der Waals surface area (Å²) in [6.45, 7) is 0.00525. The van der Waals surface area contributed by atoms with Gasteiger partial charge in [0.2, 0.25) is 11.8 Å². The van der Waals surface area contributed by atoms with Gasteiger partial charge in [-0.3, -0.25) is 9.59 Å². The van der Waals surface area contributed by atoms with Gasteiger partial charge in [0.1, 0.15) is 12.4 Å². The summed E-state index contributed by atoms with van der Waals surface area (Å²) in [6, 6.07) is 4.12. The van der Waals surface area contributed by atoms with Crippen LogP contribution < -0.4 is 5.32 Å². The number of carbonyl (C=O) groups excluding carboxylic acids is 2. The highest BCUT2D eigenvalue weighted by Crippen LogP contribution is 2.25. The molecule has 0 aliphatic carbocycles. The lowest BCUT2D eigenvalue weighted by Crippen LogP contribution is -2.36. The van der Waals surface area contributed by atoms with Crippen LogP contribution in [0, 0.1) is 18.7 Å². The summed E-state index contributed by atoms with van der Waals surface area (Å²) < 4.78 is 50.5. The largest absolute Gasteiger partial charge is 0.406 e. The highest BCUT2D eigenvalue weighted by molar-refractivity contribution is 5.97. The van der Waals surface area contributed by atoms with Crippen LogP contribution in [0.1, 0.15) is 12.0 Å². The fourth-order valence-electron chi connectivity index (χ4n) is 2.29. The molecule has 0 bridgehead atoms. The number of rotatable bonds is 3. The van der Waals surface area contributed by atoms with Crippen LogP contribution in [-0.2, 0) is 9.59 Å². The summed E-state index contributed by atoms with van der Waals surface area (Å²) in [6.07, 6.45) is -4.82. The zero-order chi connectivity index (χ0) is 16.5. The number of aryl methyl sites for hydroxylation is 1. The molecule has 22 heavy (non-hydrogen) atoms. The molecule has 0 aromatic heterocycles. The van der Waals surface area contributed by atoms with E-state index < -0.39 is 36.3 Å². The van der Waals surface area contributed by atoms with Crippen molar-refractivity contribution in [2.45, 2.75) is 19.5 Å². The van der Waals surface area contributed by atoms with Crippen molar-refractivity contribution in [3.8, 4) is 0 Å². The molecular formula is C14H14F4N2O2. The molecule has 8 heteroatoms. The van der Waals surface area contributed by atoms with Crippen molar-refractivity contribution >= 4 is 17.5 Å². The number of nitrogens with zero attached hydrogens (tertiary/aromatic N) is 1. The zero-order valence-electron chi connectivity index (χ0n) is 11.7. The lowest BCUT2D eigenvalue weighted by molar-refractivity contribution is -0.157. The maximum absolute atomic E-state index is 13.6. The van der Waals surface area contributed by atoms with E-state index in [0.29, 0.717) is 4.90 Å². The first-order valence-electron chi connectivity index (χ1n) is 6.57. The number of alkyl halides is 3. The molecule has 2 amide bonds. The third-order valence-electron chi connectivity index (χ3n) is 3.34. The number of nitrogens with one attached hydrogen (secondary N) is 1. The molecule has 0 radical (unpaired) electrons. The van der Waals surface area contributed by atoms with Crippen LogP contribution in [0.25, 0.3) is 0 Å². The van der Waals surface area contributed by atoms with Gasteiger partial charge >= 0.3 is 6.18 Å². The molecule has 1 aromatic carbocycles. The molecule has 1 heterocycles. The topological polar surface area (TPSA) is 49.4 Å². The molecule has 1 aliphatic heterocycles. The highest BCUT2D eigenvalue weighted by Gasteiger charge is 2.40. The first-order valence-corrected chi connectivity index (χ1v) is 6.57. The second kappa shape index (κ2) is 5.94. The van der Waals surface area contributed by atoms with E-state index in [4.69, 9.17) is 0 Å². The molecule has 4 nitrogen and oxygen atoms in total. The van der Waals surface area contributed by atoms with E-state index in [0.717, 1.165) is 5.56 Å². The van der Waals surface area contributed by atoms with Crippen LogP contribution >= 0.6 is 0 Å². The first kappa shape index (κ1) is 16.3. The third kappa shape index (κ3) is 3.96. The Balaban J connectivity index is 2.02. The predicted octanol–water partition coefficient (Wildman–Crippen LogP) is 2.48. The van der Waals surface area contributed by atoms with Gasteiger partial charge in [-0.2, -0.15) is 13.2 Å². The summed E-state index contributed by atoms with van der Waals surface area (Å²) in [5.74, 6) is -2.96. The smallest absolute Gasteiger partial charge is 0.333 e. The normalized spacial score (nSPS) is 18.7. The van der Waals surface area contributed by atoms with Crippen LogP contribution in [0.3, 0.4) is 0 Å². The quantitative estimate of drug-likeness (QED) is 0.871. The Hall–Kier alpha value is -2.12. The highest BCUT2D eigenvalue weighted by atomic mass is 19.4. The number of hydrogen-bond donors (Lipinski definition) is 1. The van der Waals surface area contributed by atoms with E-state index >= 15 is 0 Å². The lowest BCUT2D eigenvalue weighted by Gasteiger charge is -2.18. The van der Waals surface area contributed by atoms with Crippen molar-refractivity contribution in [1.29, 1.82) is 0 Å². The van der Waals surface area contributed by atoms with Crippen molar-refractivity contribution in [3.05, 3.63) is 29.6 Å². The molecule has 1 N–H and O–H groups in total. The van der Waals surface area contributed by atoms with E-state index in [9.17, 15) is 27.2 Å². The Morgan fingerprint density at radius 3 is 2.73 bits per heavy atom. The molecule has 1 atom stereocenters. The predicted molar refractivity (Wildman–Crippen MR) is 70.5 cm³/mol. The van der Waals surface area contributed by atoms with Gasteiger partial charge in [-0.15, -0.1) is 0 Å². The summed E-state index contributed by atoms with van der Waals surface area (Å²) in [7, 11) is 0. The minimum atomic E-state index is -4.51. The molecule has 2 rings (SSSR count). The number of anilines is 1. The Morgan fingerprint density at radius 2 is 2.09 bits per heavy atom. The van der Waals surface area contributed by atoms with Crippen molar-refractivity contribution in [1.82, 2.24) is 4.90 Å². The van der Waals surface area contributed by atoms with Gasteiger partial charge in [0.15, 0.2) is 0 Å². The molecule has 1 saturated heterocycles. The molecule has 1 aromatic rings. The third-order valence-corrected chi connectivity index (χ3v) is 3.34.